The summed E-state index contributed by atoms with van der Waals surface area (Å²) in [4.78, 5) is 24.8. The Kier molecular flexibility index (Phi) is 3.82. The molecule has 3 aromatic rings. The summed E-state index contributed by atoms with van der Waals surface area (Å²) in [5.74, 6) is 0.292. The second-order valence-corrected chi connectivity index (χ2v) is 6.12. The molecular formula is C18H13ClN4O2. The number of carbonyl (C=O) groups is 1. The Labute approximate surface area is 148 Å². The van der Waals surface area contributed by atoms with Crippen LogP contribution in [0.4, 0.5) is 11.5 Å². The highest BCUT2D eigenvalue weighted by atomic mass is 35.5. The van der Waals surface area contributed by atoms with Crippen molar-refractivity contribution in [1.29, 1.82) is 0 Å². The van der Waals surface area contributed by atoms with Crippen LogP contribution >= 0.6 is 11.6 Å². The number of aliphatic imine (C=N–C) groups is 1. The van der Waals surface area contributed by atoms with E-state index in [9.17, 15) is 4.79 Å². The van der Waals surface area contributed by atoms with Crippen molar-refractivity contribution in [3.8, 4) is 0 Å². The Morgan fingerprint density at radius 2 is 2.16 bits per heavy atom. The molecule has 7 heteroatoms. The van der Waals surface area contributed by atoms with Gasteiger partial charge in [-0.25, -0.2) is 15.0 Å². The Balaban J connectivity index is 1.62. The summed E-state index contributed by atoms with van der Waals surface area (Å²) in [7, 11) is 0. The molecule has 0 aliphatic carbocycles. The molecule has 4 rings (SSSR count). The highest BCUT2D eigenvalue weighted by Crippen LogP contribution is 2.31. The van der Waals surface area contributed by atoms with E-state index in [0.29, 0.717) is 22.9 Å². The molecule has 1 aliphatic rings. The summed E-state index contributed by atoms with van der Waals surface area (Å²) in [5, 5.41) is 3.31. The maximum Gasteiger partial charge on any atom is 0.311 e. The molecular weight excluding hydrogens is 340 g/mol. The molecule has 0 radical (unpaired) electrons. The van der Waals surface area contributed by atoms with Crippen molar-refractivity contribution in [3.63, 3.8) is 0 Å². The van der Waals surface area contributed by atoms with E-state index in [0.717, 1.165) is 22.4 Å². The van der Waals surface area contributed by atoms with Crippen molar-refractivity contribution in [3.05, 3.63) is 70.5 Å². The molecule has 1 amide bonds. The Hall–Kier alpha value is -2.99. The van der Waals surface area contributed by atoms with Crippen molar-refractivity contribution >= 4 is 34.7 Å². The van der Waals surface area contributed by atoms with E-state index >= 15 is 0 Å². The fourth-order valence-corrected chi connectivity index (χ4v) is 2.93. The number of pyridine rings is 1. The van der Waals surface area contributed by atoms with Gasteiger partial charge in [-0.1, -0.05) is 17.7 Å². The van der Waals surface area contributed by atoms with Crippen LogP contribution in [0.1, 0.15) is 27.4 Å². The van der Waals surface area contributed by atoms with Crippen LogP contribution in [0.25, 0.3) is 0 Å². The lowest BCUT2D eigenvalue weighted by atomic mass is 10.0. The third-order valence-corrected chi connectivity index (χ3v) is 4.17. The minimum Gasteiger partial charge on any atom is -0.441 e. The fourth-order valence-electron chi connectivity index (χ4n) is 2.70. The molecule has 1 N–H and O–H groups in total. The summed E-state index contributed by atoms with van der Waals surface area (Å²) < 4.78 is 4.99. The quantitative estimate of drug-likeness (QED) is 0.773. The number of nitrogens with zero attached hydrogens (tertiary/aromatic N) is 3. The van der Waals surface area contributed by atoms with Gasteiger partial charge >= 0.3 is 5.91 Å². The van der Waals surface area contributed by atoms with Gasteiger partial charge in [0, 0.05) is 34.5 Å². The first-order chi connectivity index (χ1) is 12.1. The number of fused-ring (bicyclic) bond motifs is 1. The summed E-state index contributed by atoms with van der Waals surface area (Å²) >= 11 is 6.34. The number of oxazole rings is 1. The van der Waals surface area contributed by atoms with Crippen LogP contribution in [-0.4, -0.2) is 21.6 Å². The molecule has 0 unspecified atom stereocenters. The number of carbonyl (C=O) groups excluding carboxylic acids is 1. The monoisotopic (exact) mass is 352 g/mol. The minimum atomic E-state index is -0.424. The number of hydrogen-bond acceptors (Lipinski definition) is 5. The molecule has 2 aromatic heterocycles. The molecule has 6 nitrogen and oxygen atoms in total. The fraction of sp³-hybridized carbons (Fsp3) is 0.111. The van der Waals surface area contributed by atoms with E-state index < -0.39 is 5.91 Å². The lowest BCUT2D eigenvalue weighted by molar-refractivity contribution is 0.0990. The Morgan fingerprint density at radius 3 is 2.96 bits per heavy atom. The second-order valence-electron chi connectivity index (χ2n) is 5.72. The number of anilines is 1. The van der Waals surface area contributed by atoms with E-state index in [1.807, 2.05) is 6.92 Å². The first-order valence-electron chi connectivity index (χ1n) is 7.64. The molecule has 124 valence electrons. The highest BCUT2D eigenvalue weighted by molar-refractivity contribution is 6.34. The molecule has 0 bridgehead atoms. The highest BCUT2D eigenvalue weighted by Gasteiger charge is 2.20. The van der Waals surface area contributed by atoms with Crippen LogP contribution < -0.4 is 5.32 Å². The molecule has 0 spiro atoms. The van der Waals surface area contributed by atoms with E-state index in [4.69, 9.17) is 16.0 Å². The largest absolute Gasteiger partial charge is 0.441 e. The van der Waals surface area contributed by atoms with Gasteiger partial charge in [-0.2, -0.15) is 0 Å². The van der Waals surface area contributed by atoms with E-state index in [2.05, 4.69) is 26.3 Å². The Bertz CT molecular complexity index is 996. The topological polar surface area (TPSA) is 80.4 Å². The maximum atomic E-state index is 12.1. The number of nitrogens with one attached hydrogen (secondary N) is 1. The maximum absolute atomic E-state index is 12.1. The van der Waals surface area contributed by atoms with Gasteiger partial charge in [-0.15, -0.1) is 0 Å². The summed E-state index contributed by atoms with van der Waals surface area (Å²) in [6.07, 6.45) is 5.21. The van der Waals surface area contributed by atoms with Crippen LogP contribution in [0.5, 0.6) is 0 Å². The summed E-state index contributed by atoms with van der Waals surface area (Å²) in [6, 6.07) is 7.31. The summed E-state index contributed by atoms with van der Waals surface area (Å²) in [6.45, 7) is 2.00. The van der Waals surface area contributed by atoms with Gasteiger partial charge in [0.1, 0.15) is 6.26 Å². The number of aryl methyl sites for hydroxylation is 1. The molecule has 0 fully saturated rings. The third-order valence-electron chi connectivity index (χ3n) is 3.84. The first kappa shape index (κ1) is 15.5. The van der Waals surface area contributed by atoms with Gasteiger partial charge in [0.2, 0.25) is 0 Å². The SMILES string of the molecule is Cc1cnc2c(c1)CC(c1cc(NC(=O)c3ncco3)ccc1Cl)=N2. The third kappa shape index (κ3) is 3.04. The van der Waals surface area contributed by atoms with Gasteiger partial charge in [0.15, 0.2) is 5.82 Å². The van der Waals surface area contributed by atoms with Gasteiger partial charge < -0.3 is 9.73 Å². The van der Waals surface area contributed by atoms with Crippen molar-refractivity contribution in [2.75, 3.05) is 5.32 Å². The van der Waals surface area contributed by atoms with Crippen LogP contribution in [0.3, 0.4) is 0 Å². The molecule has 1 aliphatic heterocycles. The van der Waals surface area contributed by atoms with Gasteiger partial charge in [0.25, 0.3) is 5.89 Å². The zero-order valence-corrected chi connectivity index (χ0v) is 14.0. The molecule has 0 saturated carbocycles. The van der Waals surface area contributed by atoms with Crippen LogP contribution in [-0.2, 0) is 6.42 Å². The number of benzene rings is 1. The lowest BCUT2D eigenvalue weighted by Crippen LogP contribution is -2.13. The minimum absolute atomic E-state index is 0.00165. The van der Waals surface area contributed by atoms with Crippen molar-refractivity contribution < 1.29 is 9.21 Å². The molecule has 1 aromatic carbocycles. The summed E-state index contributed by atoms with van der Waals surface area (Å²) in [5.41, 5.74) is 4.34. The number of amides is 1. The smallest absolute Gasteiger partial charge is 0.311 e. The van der Waals surface area contributed by atoms with Crippen LogP contribution in [0.2, 0.25) is 5.02 Å². The number of hydrogen-bond donors (Lipinski definition) is 1. The second kappa shape index (κ2) is 6.14. The van der Waals surface area contributed by atoms with Crippen molar-refractivity contribution in [2.24, 2.45) is 4.99 Å². The molecule has 3 heterocycles. The van der Waals surface area contributed by atoms with E-state index in [-0.39, 0.29) is 5.89 Å². The van der Waals surface area contributed by atoms with Crippen LogP contribution in [0, 0.1) is 6.92 Å². The van der Waals surface area contributed by atoms with Crippen molar-refractivity contribution in [2.45, 2.75) is 13.3 Å². The van der Waals surface area contributed by atoms with Crippen LogP contribution in [0.15, 0.2) is 52.3 Å². The normalized spacial score (nSPS) is 12.6. The van der Waals surface area contributed by atoms with Gasteiger partial charge in [0.05, 0.1) is 11.9 Å². The predicted octanol–water partition coefficient (Wildman–Crippen LogP) is 3.96. The number of aromatic nitrogens is 2. The van der Waals surface area contributed by atoms with Gasteiger partial charge in [-0.05, 0) is 30.7 Å². The Morgan fingerprint density at radius 1 is 1.28 bits per heavy atom. The average molecular weight is 353 g/mol. The number of rotatable bonds is 3. The number of halogens is 1. The average Bonchev–Trinajstić information content (AvgIpc) is 3.25. The van der Waals surface area contributed by atoms with Crippen molar-refractivity contribution in [1.82, 2.24) is 9.97 Å². The van der Waals surface area contributed by atoms with E-state index in [1.165, 1.54) is 12.5 Å². The molecule has 25 heavy (non-hydrogen) atoms. The lowest BCUT2D eigenvalue weighted by Gasteiger charge is -2.08. The molecule has 0 atom stereocenters. The standard InChI is InChI=1S/C18H13ClN4O2/c1-10-6-11-7-15(23-16(11)21-9-10)13-8-12(2-3-14(13)19)22-17(24)18-20-4-5-25-18/h2-6,8-9H,7H2,1H3,(H,22,24). The van der Waals surface area contributed by atoms with E-state index in [1.54, 1.807) is 24.4 Å². The zero-order chi connectivity index (χ0) is 17.4. The zero-order valence-electron chi connectivity index (χ0n) is 13.3. The first-order valence-corrected chi connectivity index (χ1v) is 8.02. The van der Waals surface area contributed by atoms with Gasteiger partial charge in [-0.3, -0.25) is 4.79 Å². The molecule has 0 saturated heterocycles. The predicted molar refractivity (Wildman–Crippen MR) is 94.8 cm³/mol.